The quantitative estimate of drug-likeness (QED) is 0.883. The molecule has 1 amide bonds. The molecule has 0 saturated heterocycles. The topological polar surface area (TPSA) is 36.1 Å². The fraction of sp³-hybridized carbons (Fsp3) is 0.400. The van der Waals surface area contributed by atoms with E-state index in [1.54, 1.807) is 4.90 Å². The molecular weight excluding hydrogens is 224 g/mol. The predicted octanol–water partition coefficient (Wildman–Crippen LogP) is 3.28. The van der Waals surface area contributed by atoms with Gasteiger partial charge in [-0.1, -0.05) is 32.0 Å². The van der Waals surface area contributed by atoms with Gasteiger partial charge < -0.3 is 9.88 Å². The molecule has 1 atom stereocenters. The molecule has 0 bridgehead atoms. The minimum absolute atomic E-state index is 0.0485. The van der Waals surface area contributed by atoms with Crippen LogP contribution in [0.25, 0.3) is 10.9 Å². The second-order valence-electron chi connectivity index (χ2n) is 5.17. The van der Waals surface area contributed by atoms with E-state index in [0.29, 0.717) is 11.6 Å². The fourth-order valence-electron chi connectivity index (χ4n) is 2.01. The van der Waals surface area contributed by atoms with Crippen molar-refractivity contribution in [1.82, 2.24) is 9.88 Å². The van der Waals surface area contributed by atoms with E-state index in [2.05, 4.69) is 25.8 Å². The van der Waals surface area contributed by atoms with Gasteiger partial charge in [0.25, 0.3) is 5.91 Å². The Bertz CT molecular complexity index is 523. The zero-order chi connectivity index (χ0) is 13.3. The average molecular weight is 244 g/mol. The van der Waals surface area contributed by atoms with Crippen LogP contribution in [0.5, 0.6) is 0 Å². The van der Waals surface area contributed by atoms with Crippen molar-refractivity contribution in [2.24, 2.45) is 5.92 Å². The van der Waals surface area contributed by atoms with Gasteiger partial charge in [-0.05, 0) is 25.0 Å². The normalized spacial score (nSPS) is 12.9. The van der Waals surface area contributed by atoms with Crippen LogP contribution in [0.1, 0.15) is 31.3 Å². The minimum Gasteiger partial charge on any atom is -0.351 e. The number of amides is 1. The van der Waals surface area contributed by atoms with Crippen molar-refractivity contribution in [2.75, 3.05) is 7.05 Å². The Balaban J connectivity index is 2.28. The second kappa shape index (κ2) is 4.84. The lowest BCUT2D eigenvalue weighted by Crippen LogP contribution is -2.38. The molecule has 3 nitrogen and oxygen atoms in total. The molecule has 1 N–H and O–H groups in total. The highest BCUT2D eigenvalue weighted by Gasteiger charge is 2.21. The highest BCUT2D eigenvalue weighted by molar-refractivity contribution is 5.98. The summed E-state index contributed by atoms with van der Waals surface area (Å²) in [6.07, 6.45) is 0. The van der Waals surface area contributed by atoms with Gasteiger partial charge >= 0.3 is 0 Å². The molecule has 1 aromatic heterocycles. The number of carbonyl (C=O) groups is 1. The highest BCUT2D eigenvalue weighted by atomic mass is 16.2. The Kier molecular flexibility index (Phi) is 3.41. The van der Waals surface area contributed by atoms with E-state index in [9.17, 15) is 4.79 Å². The van der Waals surface area contributed by atoms with Crippen molar-refractivity contribution in [1.29, 1.82) is 0 Å². The van der Waals surface area contributed by atoms with Gasteiger partial charge in [0, 0.05) is 24.0 Å². The van der Waals surface area contributed by atoms with Crippen LogP contribution in [0, 0.1) is 5.92 Å². The summed E-state index contributed by atoms with van der Waals surface area (Å²) in [6, 6.07) is 10.1. The van der Waals surface area contributed by atoms with Crippen molar-refractivity contribution < 1.29 is 4.79 Å². The van der Waals surface area contributed by atoms with Crippen LogP contribution in [-0.4, -0.2) is 28.9 Å². The third kappa shape index (κ3) is 2.26. The summed E-state index contributed by atoms with van der Waals surface area (Å²) in [7, 11) is 1.86. The number of aromatic amines is 1. The summed E-state index contributed by atoms with van der Waals surface area (Å²) in [6.45, 7) is 6.32. The second-order valence-corrected chi connectivity index (χ2v) is 5.17. The Morgan fingerprint density at radius 2 is 1.89 bits per heavy atom. The molecule has 0 aliphatic carbocycles. The number of carbonyl (C=O) groups excluding carboxylic acids is 1. The lowest BCUT2D eigenvalue weighted by Gasteiger charge is -2.27. The molecule has 0 aliphatic rings. The standard InChI is InChI=1S/C15H20N2O/c1-10(2)11(3)17(4)15(18)14-9-12-7-5-6-8-13(12)16-14/h5-11,16H,1-4H3. The van der Waals surface area contributed by atoms with Gasteiger partial charge in [-0.3, -0.25) is 4.79 Å². The van der Waals surface area contributed by atoms with Crippen molar-refractivity contribution in [3.05, 3.63) is 36.0 Å². The number of aromatic nitrogens is 1. The van der Waals surface area contributed by atoms with E-state index in [-0.39, 0.29) is 11.9 Å². The van der Waals surface area contributed by atoms with Gasteiger partial charge in [-0.2, -0.15) is 0 Å². The minimum atomic E-state index is 0.0485. The van der Waals surface area contributed by atoms with Gasteiger partial charge in [0.05, 0.1) is 0 Å². The first-order chi connectivity index (χ1) is 8.50. The lowest BCUT2D eigenvalue weighted by atomic mass is 10.1. The van der Waals surface area contributed by atoms with Gasteiger partial charge in [-0.25, -0.2) is 0 Å². The zero-order valence-electron chi connectivity index (χ0n) is 11.4. The summed E-state index contributed by atoms with van der Waals surface area (Å²) in [5.74, 6) is 0.496. The number of nitrogens with zero attached hydrogens (tertiary/aromatic N) is 1. The molecule has 1 unspecified atom stereocenters. The van der Waals surface area contributed by atoms with Crippen LogP contribution in [0.3, 0.4) is 0 Å². The number of rotatable bonds is 3. The smallest absolute Gasteiger partial charge is 0.270 e. The third-order valence-corrected chi connectivity index (χ3v) is 3.66. The molecule has 2 rings (SSSR count). The molecule has 18 heavy (non-hydrogen) atoms. The molecular formula is C15H20N2O. The molecule has 1 aromatic carbocycles. The van der Waals surface area contributed by atoms with Crippen LogP contribution < -0.4 is 0 Å². The van der Waals surface area contributed by atoms with Crippen LogP contribution >= 0.6 is 0 Å². The Morgan fingerprint density at radius 3 is 2.50 bits per heavy atom. The fourth-order valence-corrected chi connectivity index (χ4v) is 2.01. The summed E-state index contributed by atoms with van der Waals surface area (Å²) in [5, 5.41) is 1.08. The van der Waals surface area contributed by atoms with Crippen LogP contribution in [0.2, 0.25) is 0 Å². The molecule has 0 fully saturated rings. The molecule has 96 valence electrons. The van der Waals surface area contributed by atoms with Crippen LogP contribution in [0.4, 0.5) is 0 Å². The van der Waals surface area contributed by atoms with Crippen LogP contribution in [0.15, 0.2) is 30.3 Å². The highest BCUT2D eigenvalue weighted by Crippen LogP contribution is 2.17. The number of hydrogen-bond donors (Lipinski definition) is 1. The van der Waals surface area contributed by atoms with Gasteiger partial charge in [-0.15, -0.1) is 0 Å². The predicted molar refractivity (Wildman–Crippen MR) is 74.7 cm³/mol. The summed E-state index contributed by atoms with van der Waals surface area (Å²) < 4.78 is 0. The SMILES string of the molecule is CC(C)C(C)N(C)C(=O)c1cc2ccccc2[nH]1. The first-order valence-electron chi connectivity index (χ1n) is 6.35. The van der Waals surface area contributed by atoms with Gasteiger partial charge in [0.15, 0.2) is 0 Å². The van der Waals surface area contributed by atoms with Crippen molar-refractivity contribution in [3.8, 4) is 0 Å². The van der Waals surface area contributed by atoms with E-state index >= 15 is 0 Å². The molecule has 2 aromatic rings. The number of hydrogen-bond acceptors (Lipinski definition) is 1. The Morgan fingerprint density at radius 1 is 1.22 bits per heavy atom. The van der Waals surface area contributed by atoms with E-state index in [4.69, 9.17) is 0 Å². The summed E-state index contributed by atoms with van der Waals surface area (Å²) >= 11 is 0. The number of H-pyrrole nitrogens is 1. The van der Waals surface area contributed by atoms with Crippen LogP contribution in [-0.2, 0) is 0 Å². The maximum atomic E-state index is 12.4. The van der Waals surface area contributed by atoms with Gasteiger partial charge in [0.1, 0.15) is 5.69 Å². The van der Waals surface area contributed by atoms with Crippen molar-refractivity contribution in [3.63, 3.8) is 0 Å². The molecule has 3 heteroatoms. The monoisotopic (exact) mass is 244 g/mol. The van der Waals surface area contributed by atoms with Crippen molar-refractivity contribution in [2.45, 2.75) is 26.8 Å². The van der Waals surface area contributed by atoms with E-state index in [0.717, 1.165) is 10.9 Å². The van der Waals surface area contributed by atoms with Gasteiger partial charge in [0.2, 0.25) is 0 Å². The number of benzene rings is 1. The molecule has 1 heterocycles. The maximum absolute atomic E-state index is 12.4. The largest absolute Gasteiger partial charge is 0.351 e. The molecule has 0 radical (unpaired) electrons. The van der Waals surface area contributed by atoms with E-state index in [1.807, 2.05) is 37.4 Å². The lowest BCUT2D eigenvalue weighted by molar-refractivity contribution is 0.0702. The maximum Gasteiger partial charge on any atom is 0.270 e. The Labute approximate surface area is 108 Å². The summed E-state index contributed by atoms with van der Waals surface area (Å²) in [5.41, 5.74) is 1.66. The third-order valence-electron chi connectivity index (χ3n) is 3.66. The first-order valence-corrected chi connectivity index (χ1v) is 6.35. The zero-order valence-corrected chi connectivity index (χ0v) is 11.4. The number of fused-ring (bicyclic) bond motifs is 1. The average Bonchev–Trinajstić information content (AvgIpc) is 2.79. The molecule has 0 saturated carbocycles. The molecule has 0 aliphatic heterocycles. The van der Waals surface area contributed by atoms with E-state index in [1.165, 1.54) is 0 Å². The summed E-state index contributed by atoms with van der Waals surface area (Å²) in [4.78, 5) is 17.3. The first kappa shape index (κ1) is 12.7. The van der Waals surface area contributed by atoms with E-state index < -0.39 is 0 Å². The Hall–Kier alpha value is -1.77. The number of para-hydroxylation sites is 1. The molecule has 0 spiro atoms. The number of nitrogens with one attached hydrogen (secondary N) is 1. The van der Waals surface area contributed by atoms with Crippen molar-refractivity contribution >= 4 is 16.8 Å².